The average molecular weight is 583 g/mol. The Morgan fingerprint density at radius 2 is 1.46 bits per heavy atom. The average Bonchev–Trinajstić information content (AvgIpc) is 2.93. The number of hydrogen-bond acceptors (Lipinski definition) is 10. The molecule has 2 N–H and O–H groups in total. The molecule has 0 saturated carbocycles. The van der Waals surface area contributed by atoms with Crippen LogP contribution in [0.25, 0.3) is 0 Å². The molecule has 0 fully saturated rings. The number of amides is 2. The van der Waals surface area contributed by atoms with Gasteiger partial charge in [0.1, 0.15) is 13.2 Å². The molecule has 0 heterocycles. The van der Waals surface area contributed by atoms with Gasteiger partial charge in [0, 0.05) is 20.0 Å². The zero-order valence-electron chi connectivity index (χ0n) is 25.0. The van der Waals surface area contributed by atoms with Gasteiger partial charge in [-0.2, -0.15) is 0 Å². The van der Waals surface area contributed by atoms with E-state index in [1.54, 1.807) is 13.8 Å². The van der Waals surface area contributed by atoms with Crippen molar-refractivity contribution in [3.8, 4) is 0 Å². The molecule has 1 aromatic rings. The fraction of sp³-hybridized carbons (Fsp3) is 0.586. The van der Waals surface area contributed by atoms with Crippen LogP contribution in [0.2, 0.25) is 0 Å². The maximum absolute atomic E-state index is 12.4. The highest BCUT2D eigenvalue weighted by atomic mass is 17.2. The van der Waals surface area contributed by atoms with Crippen molar-refractivity contribution in [2.24, 2.45) is 0 Å². The number of carbonyl (C=O) groups is 2. The van der Waals surface area contributed by atoms with Crippen LogP contribution in [-0.2, 0) is 45.1 Å². The standard InChI is InChI=1S/C29H46N2O10/c1-8-24(6)26-11-9-25(10-12-26)19-34-21-36-29(7,41-28(33)31-14-16-38-40-18-23(4)5)20-35-27(32)30-13-15-37-39-17-22(2)3/h9-12,24H,2,4,8,13-21H2,1,3,5-7H3,(H,30,32)(H,31,33). The zero-order valence-corrected chi connectivity index (χ0v) is 25.0. The van der Waals surface area contributed by atoms with Gasteiger partial charge in [0.15, 0.2) is 13.4 Å². The fourth-order valence-corrected chi connectivity index (χ4v) is 2.88. The second-order valence-corrected chi connectivity index (χ2v) is 9.70. The molecule has 0 radical (unpaired) electrons. The van der Waals surface area contributed by atoms with Crippen molar-refractivity contribution < 1.29 is 48.1 Å². The number of ether oxygens (including phenoxy) is 4. The summed E-state index contributed by atoms with van der Waals surface area (Å²) in [6.07, 6.45) is -0.523. The molecule has 0 bridgehead atoms. The first-order chi connectivity index (χ1) is 19.5. The molecule has 12 nitrogen and oxygen atoms in total. The lowest BCUT2D eigenvalue weighted by atomic mass is 9.98. The van der Waals surface area contributed by atoms with Crippen LogP contribution in [0, 0.1) is 0 Å². The third kappa shape index (κ3) is 18.1. The smallest absolute Gasteiger partial charge is 0.409 e. The summed E-state index contributed by atoms with van der Waals surface area (Å²) in [5, 5.41) is 5.00. The van der Waals surface area contributed by atoms with Gasteiger partial charge >= 0.3 is 12.2 Å². The second-order valence-electron chi connectivity index (χ2n) is 9.70. The van der Waals surface area contributed by atoms with Gasteiger partial charge in [-0.05, 0) is 37.3 Å². The quantitative estimate of drug-likeness (QED) is 0.0639. The lowest BCUT2D eigenvalue weighted by molar-refractivity contribution is -0.286. The SMILES string of the molecule is C=C(C)COOCCNC(=O)OCC(C)(OCOCc1ccc(C(C)CC)cc1)OC(=O)NCCOOCC(=C)C. The van der Waals surface area contributed by atoms with Crippen molar-refractivity contribution in [1.82, 2.24) is 10.6 Å². The van der Waals surface area contributed by atoms with Crippen LogP contribution in [0.4, 0.5) is 9.59 Å². The molecule has 1 rings (SSSR count). The Bertz CT molecular complexity index is 925. The van der Waals surface area contributed by atoms with Gasteiger partial charge in [-0.1, -0.05) is 62.4 Å². The number of rotatable bonds is 22. The first-order valence-corrected chi connectivity index (χ1v) is 13.5. The van der Waals surface area contributed by atoms with Crippen LogP contribution in [-0.4, -0.2) is 70.9 Å². The largest absolute Gasteiger partial charge is 0.443 e. The molecule has 2 atom stereocenters. The zero-order chi connectivity index (χ0) is 30.5. The molecule has 2 amide bonds. The van der Waals surface area contributed by atoms with E-state index in [-0.39, 0.29) is 52.9 Å². The lowest BCUT2D eigenvalue weighted by Crippen LogP contribution is -2.45. The molecular formula is C29H46N2O10. The Balaban J connectivity index is 2.55. The topological polar surface area (TPSA) is 132 Å². The number of carbonyl (C=O) groups excluding carboxylic acids is 2. The summed E-state index contributed by atoms with van der Waals surface area (Å²) in [7, 11) is 0. The minimum Gasteiger partial charge on any atom is -0.443 e. The first kappa shape index (κ1) is 36.0. The monoisotopic (exact) mass is 582 g/mol. The van der Waals surface area contributed by atoms with E-state index >= 15 is 0 Å². The predicted octanol–water partition coefficient (Wildman–Crippen LogP) is 4.91. The van der Waals surface area contributed by atoms with Crippen LogP contribution >= 0.6 is 0 Å². The highest BCUT2D eigenvalue weighted by Gasteiger charge is 2.32. The summed E-state index contributed by atoms with van der Waals surface area (Å²) in [5.74, 6) is -1.17. The number of alkyl carbamates (subject to hydrolysis) is 2. The molecule has 232 valence electrons. The molecule has 0 aliphatic heterocycles. The number of nitrogens with one attached hydrogen (secondary N) is 2. The van der Waals surface area contributed by atoms with E-state index in [4.69, 9.17) is 38.5 Å². The van der Waals surface area contributed by atoms with Crippen LogP contribution in [0.15, 0.2) is 48.6 Å². The molecule has 1 aromatic carbocycles. The van der Waals surface area contributed by atoms with Crippen molar-refractivity contribution in [1.29, 1.82) is 0 Å². The van der Waals surface area contributed by atoms with Gasteiger partial charge in [0.05, 0.1) is 19.8 Å². The van der Waals surface area contributed by atoms with E-state index in [1.165, 1.54) is 12.5 Å². The highest BCUT2D eigenvalue weighted by Crippen LogP contribution is 2.19. The number of benzene rings is 1. The van der Waals surface area contributed by atoms with Crippen LogP contribution < -0.4 is 10.6 Å². The van der Waals surface area contributed by atoms with Gasteiger partial charge in [-0.15, -0.1) is 0 Å². The summed E-state index contributed by atoms with van der Waals surface area (Å²) in [4.78, 5) is 44.2. The fourth-order valence-electron chi connectivity index (χ4n) is 2.88. The van der Waals surface area contributed by atoms with Gasteiger partial charge in [0.25, 0.3) is 0 Å². The maximum atomic E-state index is 12.4. The summed E-state index contributed by atoms with van der Waals surface area (Å²) >= 11 is 0. The minimum absolute atomic E-state index is 0.0793. The van der Waals surface area contributed by atoms with E-state index < -0.39 is 24.6 Å². The second kappa shape index (κ2) is 20.8. The van der Waals surface area contributed by atoms with E-state index in [0.29, 0.717) is 5.92 Å². The van der Waals surface area contributed by atoms with Crippen molar-refractivity contribution in [3.63, 3.8) is 0 Å². The molecule has 2 unspecified atom stereocenters. The van der Waals surface area contributed by atoms with Crippen molar-refractivity contribution in [2.75, 3.05) is 52.9 Å². The summed E-state index contributed by atoms with van der Waals surface area (Å²) < 4.78 is 21.9. The molecule has 0 saturated heterocycles. The van der Waals surface area contributed by atoms with Crippen molar-refractivity contribution in [3.05, 3.63) is 59.7 Å². The number of hydrogen-bond donors (Lipinski definition) is 2. The van der Waals surface area contributed by atoms with Crippen molar-refractivity contribution >= 4 is 12.2 Å². The Morgan fingerprint density at radius 1 is 0.902 bits per heavy atom. The maximum Gasteiger partial charge on any atom is 0.409 e. The third-order valence-electron chi connectivity index (χ3n) is 5.34. The van der Waals surface area contributed by atoms with E-state index in [2.05, 4.69) is 49.8 Å². The van der Waals surface area contributed by atoms with Crippen LogP contribution in [0.1, 0.15) is 58.1 Å². The van der Waals surface area contributed by atoms with Gasteiger partial charge in [-0.3, -0.25) is 0 Å². The molecule has 0 spiro atoms. The Morgan fingerprint density at radius 3 is 2.00 bits per heavy atom. The Hall–Kier alpha value is -3.00. The van der Waals surface area contributed by atoms with Crippen LogP contribution in [0.5, 0.6) is 0 Å². The molecule has 0 aliphatic rings. The lowest BCUT2D eigenvalue weighted by Gasteiger charge is -2.28. The van der Waals surface area contributed by atoms with Gasteiger partial charge in [-0.25, -0.2) is 29.1 Å². The molecule has 41 heavy (non-hydrogen) atoms. The van der Waals surface area contributed by atoms with E-state index in [9.17, 15) is 9.59 Å². The van der Waals surface area contributed by atoms with Gasteiger partial charge < -0.3 is 29.6 Å². The highest BCUT2D eigenvalue weighted by molar-refractivity contribution is 5.68. The summed E-state index contributed by atoms with van der Waals surface area (Å²) in [6, 6.07) is 8.13. The van der Waals surface area contributed by atoms with Crippen LogP contribution in [0.3, 0.4) is 0 Å². The normalized spacial score (nSPS) is 13.1. The van der Waals surface area contributed by atoms with E-state index in [1.807, 2.05) is 12.1 Å². The first-order valence-electron chi connectivity index (χ1n) is 13.5. The van der Waals surface area contributed by atoms with Gasteiger partial charge in [0.2, 0.25) is 5.79 Å². The van der Waals surface area contributed by atoms with E-state index in [0.717, 1.165) is 23.1 Å². The molecule has 0 aliphatic carbocycles. The molecule has 0 aromatic heterocycles. The van der Waals surface area contributed by atoms with Crippen molar-refractivity contribution in [2.45, 2.75) is 59.4 Å². The minimum atomic E-state index is -1.65. The third-order valence-corrected chi connectivity index (χ3v) is 5.34. The molecule has 12 heteroatoms. The summed E-state index contributed by atoms with van der Waals surface area (Å²) in [5.41, 5.74) is 3.81. The Labute approximate surface area is 243 Å². The Kier molecular flexibility index (Phi) is 18.3. The predicted molar refractivity (Wildman–Crippen MR) is 152 cm³/mol. The molecular weight excluding hydrogens is 536 g/mol. The summed E-state index contributed by atoms with van der Waals surface area (Å²) in [6.45, 7) is 17.3.